The molecule has 0 unspecified atom stereocenters. The van der Waals surface area contributed by atoms with Crippen LogP contribution in [-0.4, -0.2) is 40.4 Å². The number of amides is 1. The fourth-order valence-electron chi connectivity index (χ4n) is 3.20. The molecule has 1 saturated heterocycles. The van der Waals surface area contributed by atoms with Crippen LogP contribution < -0.4 is 5.32 Å². The van der Waals surface area contributed by atoms with E-state index in [2.05, 4.69) is 32.3 Å². The fourth-order valence-corrected chi connectivity index (χ4v) is 3.32. The predicted molar refractivity (Wildman–Crippen MR) is 98.4 cm³/mol. The monoisotopic (exact) mass is 358 g/mol. The van der Waals surface area contributed by atoms with Crippen LogP contribution in [0.1, 0.15) is 36.6 Å². The number of likely N-dealkylation sites (tertiary alicyclic amines) is 1. The second kappa shape index (κ2) is 8.92. The van der Waals surface area contributed by atoms with Gasteiger partial charge in [0.25, 0.3) is 0 Å². The molecule has 1 aromatic heterocycles. The van der Waals surface area contributed by atoms with Gasteiger partial charge in [-0.15, -0.1) is 0 Å². The first-order valence-corrected chi connectivity index (χ1v) is 9.11. The van der Waals surface area contributed by atoms with E-state index in [0.29, 0.717) is 19.4 Å². The van der Waals surface area contributed by atoms with Gasteiger partial charge in [0.05, 0.1) is 11.7 Å². The molecule has 5 nitrogen and oxygen atoms in total. The molecule has 1 atom stereocenters. The van der Waals surface area contributed by atoms with Crippen molar-refractivity contribution in [1.29, 1.82) is 0 Å². The van der Waals surface area contributed by atoms with Crippen molar-refractivity contribution in [2.45, 2.75) is 31.7 Å². The molecule has 1 aliphatic rings. The maximum absolute atomic E-state index is 12.2. The molecule has 0 saturated carbocycles. The highest BCUT2D eigenvalue weighted by molar-refractivity contribution is 6.30. The molecule has 0 bridgehead atoms. The minimum absolute atomic E-state index is 0.0452. The van der Waals surface area contributed by atoms with Gasteiger partial charge in [-0.05, 0) is 50.0 Å². The number of hydrogen-bond acceptors (Lipinski definition) is 4. The van der Waals surface area contributed by atoms with Crippen LogP contribution in [0.5, 0.6) is 0 Å². The normalized spacial score (nSPS) is 15.9. The van der Waals surface area contributed by atoms with E-state index >= 15 is 0 Å². The summed E-state index contributed by atoms with van der Waals surface area (Å²) in [5, 5.41) is 3.81. The molecule has 1 fully saturated rings. The maximum atomic E-state index is 12.2. The van der Waals surface area contributed by atoms with E-state index < -0.39 is 0 Å². The molecule has 2 heterocycles. The number of nitrogens with zero attached hydrogens (tertiary/aromatic N) is 3. The lowest BCUT2D eigenvalue weighted by Gasteiger charge is -2.28. The highest BCUT2D eigenvalue weighted by Gasteiger charge is 2.23. The molecule has 0 aliphatic carbocycles. The molecular formula is C19H23ClN4O. The van der Waals surface area contributed by atoms with E-state index in [1.807, 2.05) is 12.1 Å². The lowest BCUT2D eigenvalue weighted by atomic mass is 10.1. The Hall–Kier alpha value is -1.98. The summed E-state index contributed by atoms with van der Waals surface area (Å²) in [7, 11) is 0. The zero-order chi connectivity index (χ0) is 17.5. The number of hydrogen-bond donors (Lipinski definition) is 1. The van der Waals surface area contributed by atoms with Gasteiger partial charge in [-0.25, -0.2) is 0 Å². The number of aromatic nitrogens is 2. The molecule has 1 aliphatic heterocycles. The summed E-state index contributed by atoms with van der Waals surface area (Å²) < 4.78 is 0. The number of benzene rings is 1. The summed E-state index contributed by atoms with van der Waals surface area (Å²) in [5.74, 6) is 0.0452. The summed E-state index contributed by atoms with van der Waals surface area (Å²) in [4.78, 5) is 22.9. The first-order valence-electron chi connectivity index (χ1n) is 8.73. The van der Waals surface area contributed by atoms with Crippen LogP contribution in [0.2, 0.25) is 5.02 Å². The van der Waals surface area contributed by atoms with Crippen molar-refractivity contribution >= 4 is 17.5 Å². The molecule has 2 aromatic rings. The van der Waals surface area contributed by atoms with E-state index in [0.717, 1.165) is 23.8 Å². The molecule has 0 radical (unpaired) electrons. The Kier molecular flexibility index (Phi) is 6.36. The average Bonchev–Trinajstić information content (AvgIpc) is 3.17. The summed E-state index contributed by atoms with van der Waals surface area (Å²) in [6.07, 6.45) is 8.44. The summed E-state index contributed by atoms with van der Waals surface area (Å²) in [5.41, 5.74) is 2.03. The van der Waals surface area contributed by atoms with Gasteiger partial charge in [0.1, 0.15) is 0 Å². The fraction of sp³-hybridized carbons (Fsp3) is 0.421. The van der Waals surface area contributed by atoms with E-state index in [4.69, 9.17) is 11.6 Å². The zero-order valence-corrected chi connectivity index (χ0v) is 15.0. The Morgan fingerprint density at radius 2 is 1.96 bits per heavy atom. The Bertz CT molecular complexity index is 672. The Morgan fingerprint density at radius 1 is 1.20 bits per heavy atom. The largest absolute Gasteiger partial charge is 0.354 e. The topological polar surface area (TPSA) is 58.1 Å². The van der Waals surface area contributed by atoms with Gasteiger partial charge >= 0.3 is 0 Å². The lowest BCUT2D eigenvalue weighted by Crippen LogP contribution is -2.36. The highest BCUT2D eigenvalue weighted by Crippen LogP contribution is 2.25. The number of rotatable bonds is 7. The number of halogens is 1. The molecule has 0 spiro atoms. The van der Waals surface area contributed by atoms with Crippen LogP contribution in [0, 0.1) is 0 Å². The third-order valence-electron chi connectivity index (χ3n) is 4.55. The van der Waals surface area contributed by atoms with Gasteiger partial charge in [0.15, 0.2) is 0 Å². The molecule has 1 amide bonds. The van der Waals surface area contributed by atoms with Gasteiger partial charge in [-0.3, -0.25) is 19.7 Å². The van der Waals surface area contributed by atoms with Gasteiger partial charge in [0.2, 0.25) is 5.91 Å². The van der Waals surface area contributed by atoms with E-state index in [9.17, 15) is 4.79 Å². The minimum Gasteiger partial charge on any atom is -0.354 e. The van der Waals surface area contributed by atoms with Gasteiger partial charge in [-0.1, -0.05) is 23.7 Å². The molecule has 1 N–H and O–H groups in total. The van der Waals surface area contributed by atoms with Crippen molar-refractivity contribution in [2.75, 3.05) is 19.6 Å². The number of nitrogens with one attached hydrogen (secondary N) is 1. The maximum Gasteiger partial charge on any atom is 0.220 e. The lowest BCUT2D eigenvalue weighted by molar-refractivity contribution is -0.121. The molecule has 3 rings (SSSR count). The predicted octanol–water partition coefficient (Wildman–Crippen LogP) is 3.02. The Balaban J connectivity index is 1.56. The van der Waals surface area contributed by atoms with Crippen LogP contribution in [-0.2, 0) is 11.2 Å². The third kappa shape index (κ3) is 5.25. The first-order chi connectivity index (χ1) is 12.2. The van der Waals surface area contributed by atoms with Crippen LogP contribution >= 0.6 is 11.6 Å². The third-order valence-corrected chi connectivity index (χ3v) is 4.81. The molecule has 1 aromatic carbocycles. The van der Waals surface area contributed by atoms with Crippen molar-refractivity contribution in [3.05, 3.63) is 59.1 Å². The van der Waals surface area contributed by atoms with Gasteiger partial charge in [0, 0.05) is 36.6 Å². The van der Waals surface area contributed by atoms with Gasteiger partial charge < -0.3 is 5.32 Å². The number of aryl methyl sites for hydroxylation is 1. The van der Waals surface area contributed by atoms with Crippen LogP contribution in [0.25, 0.3) is 0 Å². The smallest absolute Gasteiger partial charge is 0.220 e. The number of carbonyl (C=O) groups excluding carboxylic acids is 1. The second-order valence-corrected chi connectivity index (χ2v) is 6.75. The van der Waals surface area contributed by atoms with Crippen molar-refractivity contribution in [1.82, 2.24) is 20.2 Å². The van der Waals surface area contributed by atoms with E-state index in [-0.39, 0.29) is 11.9 Å². The van der Waals surface area contributed by atoms with E-state index in [1.54, 1.807) is 18.6 Å². The van der Waals surface area contributed by atoms with Crippen LogP contribution in [0.15, 0.2) is 42.9 Å². The first kappa shape index (κ1) is 17.8. The van der Waals surface area contributed by atoms with Crippen molar-refractivity contribution in [2.24, 2.45) is 0 Å². The number of carbonyl (C=O) groups is 1. The summed E-state index contributed by atoms with van der Waals surface area (Å²) in [6.45, 7) is 2.76. The highest BCUT2D eigenvalue weighted by atomic mass is 35.5. The SMILES string of the molecule is O=C(CCc1cnccn1)NC[C@H](c1ccc(Cl)cc1)N1CCCC1. The van der Waals surface area contributed by atoms with Crippen molar-refractivity contribution < 1.29 is 4.79 Å². The van der Waals surface area contributed by atoms with Crippen molar-refractivity contribution in [3.63, 3.8) is 0 Å². The molecule has 132 valence electrons. The second-order valence-electron chi connectivity index (χ2n) is 6.31. The van der Waals surface area contributed by atoms with E-state index in [1.165, 1.54) is 18.4 Å². The summed E-state index contributed by atoms with van der Waals surface area (Å²) >= 11 is 6.01. The quantitative estimate of drug-likeness (QED) is 0.826. The molecule has 25 heavy (non-hydrogen) atoms. The molecular weight excluding hydrogens is 336 g/mol. The van der Waals surface area contributed by atoms with Crippen LogP contribution in [0.3, 0.4) is 0 Å². The Morgan fingerprint density at radius 3 is 2.64 bits per heavy atom. The minimum atomic E-state index is 0.0452. The molecule has 6 heteroatoms. The zero-order valence-electron chi connectivity index (χ0n) is 14.2. The van der Waals surface area contributed by atoms with Crippen molar-refractivity contribution in [3.8, 4) is 0 Å². The summed E-state index contributed by atoms with van der Waals surface area (Å²) in [6, 6.07) is 8.12. The van der Waals surface area contributed by atoms with Gasteiger partial charge in [-0.2, -0.15) is 0 Å². The standard InChI is InChI=1S/C19H23ClN4O/c20-16-5-3-15(4-6-16)18(24-11-1-2-12-24)14-23-19(25)8-7-17-13-21-9-10-22-17/h3-6,9-10,13,18H,1-2,7-8,11-12,14H2,(H,23,25)/t18-/m1/s1. The Labute approximate surface area is 153 Å². The van der Waals surface area contributed by atoms with Crippen LogP contribution in [0.4, 0.5) is 0 Å². The average molecular weight is 359 g/mol.